The second-order valence-corrected chi connectivity index (χ2v) is 6.45. The molecule has 5 heteroatoms. The van der Waals surface area contributed by atoms with Crippen LogP contribution in [0.15, 0.2) is 53.0 Å². The molecule has 0 N–H and O–H groups in total. The lowest BCUT2D eigenvalue weighted by Gasteiger charge is -2.21. The fourth-order valence-corrected chi connectivity index (χ4v) is 3.74. The van der Waals surface area contributed by atoms with Gasteiger partial charge in [-0.2, -0.15) is 0 Å². The predicted octanol–water partition coefficient (Wildman–Crippen LogP) is 2.89. The summed E-state index contributed by atoms with van der Waals surface area (Å²) in [5.74, 6) is -0.299. The van der Waals surface area contributed by atoms with E-state index in [0.29, 0.717) is 5.69 Å². The van der Waals surface area contributed by atoms with Crippen molar-refractivity contribution in [2.45, 2.75) is 19.0 Å². The van der Waals surface area contributed by atoms with E-state index in [1.807, 2.05) is 60.4 Å². The number of nitrogens with zero attached hydrogens (tertiary/aromatic N) is 2. The van der Waals surface area contributed by atoms with Crippen LogP contribution in [0.25, 0.3) is 0 Å². The number of amides is 2. The van der Waals surface area contributed by atoms with Crippen molar-refractivity contribution >= 4 is 39.1 Å². The van der Waals surface area contributed by atoms with Crippen molar-refractivity contribution in [2.24, 2.45) is 0 Å². The van der Waals surface area contributed by atoms with Gasteiger partial charge in [-0.05, 0) is 52.7 Å². The molecule has 0 aromatic heterocycles. The lowest BCUT2D eigenvalue weighted by atomic mass is 10.2. The SMILES string of the molecule is Cc1ccc(N2C(=O)[C@@H]3[C@@H](C2=O)N3c2ccccc2)c(Br)c1. The zero-order chi connectivity index (χ0) is 15.4. The molecule has 0 saturated carbocycles. The number of piperazine rings is 1. The third kappa shape index (κ3) is 1.82. The van der Waals surface area contributed by atoms with Gasteiger partial charge in [0.15, 0.2) is 0 Å². The molecule has 2 saturated heterocycles. The van der Waals surface area contributed by atoms with Crippen LogP contribution < -0.4 is 9.80 Å². The summed E-state index contributed by atoms with van der Waals surface area (Å²) in [5.41, 5.74) is 2.62. The summed E-state index contributed by atoms with van der Waals surface area (Å²) in [6, 6.07) is 14.5. The summed E-state index contributed by atoms with van der Waals surface area (Å²) in [6.07, 6.45) is 0. The molecule has 22 heavy (non-hydrogen) atoms. The number of aryl methyl sites for hydroxylation is 1. The van der Waals surface area contributed by atoms with E-state index < -0.39 is 0 Å². The molecule has 2 atom stereocenters. The average Bonchev–Trinajstić information content (AvgIpc) is 3.20. The van der Waals surface area contributed by atoms with Crippen LogP contribution in [0.5, 0.6) is 0 Å². The van der Waals surface area contributed by atoms with E-state index in [1.165, 1.54) is 4.90 Å². The molecule has 2 aromatic carbocycles. The third-order valence-corrected chi connectivity index (χ3v) is 4.79. The summed E-state index contributed by atoms with van der Waals surface area (Å²) in [5, 5.41) is 0. The first-order valence-corrected chi connectivity index (χ1v) is 7.86. The number of hydrogen-bond donors (Lipinski definition) is 0. The molecular formula is C17H13BrN2O2. The smallest absolute Gasteiger partial charge is 0.259 e. The molecule has 2 amide bonds. The van der Waals surface area contributed by atoms with Crippen molar-refractivity contribution in [3.8, 4) is 0 Å². The van der Waals surface area contributed by atoms with Crippen LogP contribution in [-0.2, 0) is 9.59 Å². The minimum absolute atomic E-state index is 0.150. The molecule has 4 nitrogen and oxygen atoms in total. The van der Waals surface area contributed by atoms with Crippen molar-refractivity contribution < 1.29 is 9.59 Å². The second-order valence-electron chi connectivity index (χ2n) is 5.60. The molecule has 2 aromatic rings. The maximum absolute atomic E-state index is 12.6. The van der Waals surface area contributed by atoms with Crippen LogP contribution in [0.2, 0.25) is 0 Å². The lowest BCUT2D eigenvalue weighted by molar-refractivity contribution is -0.122. The number of fused-ring (bicyclic) bond motifs is 1. The highest BCUT2D eigenvalue weighted by Gasteiger charge is 2.66. The number of para-hydroxylation sites is 1. The van der Waals surface area contributed by atoms with E-state index in [-0.39, 0.29) is 23.9 Å². The monoisotopic (exact) mass is 356 g/mol. The fraction of sp³-hybridized carbons (Fsp3) is 0.176. The van der Waals surface area contributed by atoms with Crippen molar-refractivity contribution in [1.29, 1.82) is 0 Å². The Morgan fingerprint density at radius 2 is 1.59 bits per heavy atom. The lowest BCUT2D eigenvalue weighted by Crippen LogP contribution is -2.39. The Balaban J connectivity index is 1.66. The number of halogens is 1. The van der Waals surface area contributed by atoms with Gasteiger partial charge in [0.2, 0.25) is 0 Å². The van der Waals surface area contributed by atoms with E-state index in [4.69, 9.17) is 0 Å². The van der Waals surface area contributed by atoms with Gasteiger partial charge in [-0.25, -0.2) is 4.90 Å². The van der Waals surface area contributed by atoms with Gasteiger partial charge in [-0.3, -0.25) is 9.59 Å². The standard InChI is InChI=1S/C17H13BrN2O2/c1-10-7-8-13(12(18)9-10)20-16(21)14-15(17(20)22)19(14)11-5-3-2-4-6-11/h2-9,14-15H,1H3/t14-,15-/m0/s1. The van der Waals surface area contributed by atoms with Gasteiger partial charge >= 0.3 is 0 Å². The first-order valence-electron chi connectivity index (χ1n) is 7.07. The summed E-state index contributed by atoms with van der Waals surface area (Å²) in [4.78, 5) is 28.4. The Labute approximate surface area is 136 Å². The quantitative estimate of drug-likeness (QED) is 0.613. The number of rotatable bonds is 2. The number of carbonyl (C=O) groups excluding carboxylic acids is 2. The second kappa shape index (κ2) is 4.68. The molecule has 0 spiro atoms. The molecule has 2 heterocycles. The zero-order valence-electron chi connectivity index (χ0n) is 11.9. The molecule has 0 radical (unpaired) electrons. The Morgan fingerprint density at radius 1 is 0.955 bits per heavy atom. The maximum atomic E-state index is 12.6. The molecule has 110 valence electrons. The Bertz CT molecular complexity index is 769. The molecule has 0 unspecified atom stereocenters. The largest absolute Gasteiger partial charge is 0.343 e. The van der Waals surface area contributed by atoms with Gasteiger partial charge in [0.25, 0.3) is 11.8 Å². The highest BCUT2D eigenvalue weighted by molar-refractivity contribution is 9.10. The van der Waals surface area contributed by atoms with Gasteiger partial charge in [-0.1, -0.05) is 24.3 Å². The Kier molecular flexibility index (Phi) is 2.87. The third-order valence-electron chi connectivity index (χ3n) is 4.15. The van der Waals surface area contributed by atoms with Crippen molar-refractivity contribution in [1.82, 2.24) is 0 Å². The normalized spacial score (nSPS) is 23.0. The minimum Gasteiger partial charge on any atom is -0.343 e. The number of anilines is 2. The number of hydrogen-bond acceptors (Lipinski definition) is 3. The van der Waals surface area contributed by atoms with Crippen molar-refractivity contribution in [3.05, 3.63) is 58.6 Å². The maximum Gasteiger partial charge on any atom is 0.259 e. The van der Waals surface area contributed by atoms with Crippen LogP contribution in [0, 0.1) is 6.92 Å². The van der Waals surface area contributed by atoms with Crippen molar-refractivity contribution in [2.75, 3.05) is 9.80 Å². The number of benzene rings is 2. The Morgan fingerprint density at radius 3 is 2.18 bits per heavy atom. The molecule has 4 rings (SSSR count). The molecule has 2 aliphatic rings. The van der Waals surface area contributed by atoms with Crippen LogP contribution in [0.1, 0.15) is 5.56 Å². The topological polar surface area (TPSA) is 40.4 Å². The van der Waals surface area contributed by atoms with E-state index in [9.17, 15) is 9.59 Å². The molecule has 2 fully saturated rings. The molecule has 0 aliphatic carbocycles. The fourth-order valence-electron chi connectivity index (χ4n) is 3.06. The van der Waals surface area contributed by atoms with E-state index in [1.54, 1.807) is 0 Å². The van der Waals surface area contributed by atoms with Crippen LogP contribution in [0.4, 0.5) is 11.4 Å². The van der Waals surface area contributed by atoms with Gasteiger partial charge in [-0.15, -0.1) is 0 Å². The number of carbonyl (C=O) groups is 2. The minimum atomic E-state index is -0.358. The average molecular weight is 357 g/mol. The first-order chi connectivity index (χ1) is 10.6. The highest BCUT2D eigenvalue weighted by Crippen LogP contribution is 2.44. The summed E-state index contributed by atoms with van der Waals surface area (Å²) >= 11 is 3.45. The van der Waals surface area contributed by atoms with Gasteiger partial charge in [0, 0.05) is 10.2 Å². The number of imide groups is 1. The van der Waals surface area contributed by atoms with Gasteiger partial charge in [0.05, 0.1) is 5.69 Å². The summed E-state index contributed by atoms with van der Waals surface area (Å²) < 4.78 is 0.766. The van der Waals surface area contributed by atoms with Crippen molar-refractivity contribution in [3.63, 3.8) is 0 Å². The zero-order valence-corrected chi connectivity index (χ0v) is 13.4. The van der Waals surface area contributed by atoms with Gasteiger partial charge < -0.3 is 4.90 Å². The predicted molar refractivity (Wildman–Crippen MR) is 87.9 cm³/mol. The molecular weight excluding hydrogens is 344 g/mol. The summed E-state index contributed by atoms with van der Waals surface area (Å²) in [7, 11) is 0. The van der Waals surface area contributed by atoms with Crippen LogP contribution in [-0.4, -0.2) is 23.9 Å². The van der Waals surface area contributed by atoms with E-state index in [2.05, 4.69) is 15.9 Å². The van der Waals surface area contributed by atoms with Gasteiger partial charge in [0.1, 0.15) is 12.1 Å². The van der Waals surface area contributed by atoms with E-state index in [0.717, 1.165) is 15.7 Å². The van der Waals surface area contributed by atoms with Crippen LogP contribution in [0.3, 0.4) is 0 Å². The van der Waals surface area contributed by atoms with Crippen LogP contribution >= 0.6 is 15.9 Å². The summed E-state index contributed by atoms with van der Waals surface area (Å²) in [6.45, 7) is 1.97. The highest BCUT2D eigenvalue weighted by atomic mass is 79.9. The Hall–Kier alpha value is -2.14. The van der Waals surface area contributed by atoms with E-state index >= 15 is 0 Å². The molecule has 0 bridgehead atoms. The first kappa shape index (κ1) is 13.5. The molecule has 2 aliphatic heterocycles.